The SMILES string of the molecule is Cc1cc(=O)n(-c2ccc(OC(F)(F)F)cc2)cc1-c1cccc2c1OC(C)(C)O2. The molecule has 0 spiro atoms. The van der Waals surface area contributed by atoms with Gasteiger partial charge in [-0.05, 0) is 42.8 Å². The first-order chi connectivity index (χ1) is 14.0. The number of para-hydroxylation sites is 1. The summed E-state index contributed by atoms with van der Waals surface area (Å²) < 4.78 is 54.1. The molecule has 156 valence electrons. The van der Waals surface area contributed by atoms with Crippen LogP contribution in [0.15, 0.2) is 59.5 Å². The van der Waals surface area contributed by atoms with Crippen molar-refractivity contribution in [3.63, 3.8) is 0 Å². The van der Waals surface area contributed by atoms with Crippen molar-refractivity contribution < 1.29 is 27.4 Å². The molecule has 30 heavy (non-hydrogen) atoms. The summed E-state index contributed by atoms with van der Waals surface area (Å²) in [6.07, 6.45) is -3.14. The average molecular weight is 417 g/mol. The second kappa shape index (κ2) is 6.83. The standard InChI is InChI=1S/C22H18F3NO4/c1-13-11-19(27)26(14-7-9-15(10-8-14)28-22(23,24)25)12-17(13)16-5-4-6-18-20(16)30-21(2,3)29-18/h4-12H,1-3H3. The third kappa shape index (κ3) is 3.85. The van der Waals surface area contributed by atoms with Crippen LogP contribution in [-0.2, 0) is 0 Å². The van der Waals surface area contributed by atoms with Crippen LogP contribution < -0.4 is 19.8 Å². The number of pyridine rings is 1. The Hall–Kier alpha value is -3.42. The van der Waals surface area contributed by atoms with Crippen molar-refractivity contribution in [2.45, 2.75) is 32.9 Å². The summed E-state index contributed by atoms with van der Waals surface area (Å²) in [5, 5.41) is 0. The van der Waals surface area contributed by atoms with Gasteiger partial charge in [0, 0.05) is 42.9 Å². The Balaban J connectivity index is 1.77. The normalized spacial score (nSPS) is 14.6. The Labute approximate surface area is 170 Å². The Morgan fingerprint density at radius 3 is 2.37 bits per heavy atom. The van der Waals surface area contributed by atoms with E-state index in [0.717, 1.165) is 28.8 Å². The zero-order valence-corrected chi connectivity index (χ0v) is 16.4. The molecule has 0 atom stereocenters. The van der Waals surface area contributed by atoms with E-state index in [1.807, 2.05) is 19.1 Å². The van der Waals surface area contributed by atoms with Crippen LogP contribution in [0.4, 0.5) is 13.2 Å². The summed E-state index contributed by atoms with van der Waals surface area (Å²) in [6.45, 7) is 5.41. The maximum atomic E-state index is 12.6. The highest BCUT2D eigenvalue weighted by molar-refractivity contribution is 5.76. The van der Waals surface area contributed by atoms with Gasteiger partial charge in [0.15, 0.2) is 11.5 Å². The second-order valence-electron chi connectivity index (χ2n) is 7.36. The zero-order valence-electron chi connectivity index (χ0n) is 16.4. The van der Waals surface area contributed by atoms with E-state index >= 15 is 0 Å². The summed E-state index contributed by atoms with van der Waals surface area (Å²) in [4.78, 5) is 12.6. The summed E-state index contributed by atoms with van der Waals surface area (Å²) in [5.41, 5.74) is 2.31. The van der Waals surface area contributed by atoms with E-state index in [1.54, 1.807) is 26.1 Å². The molecule has 0 saturated heterocycles. The highest BCUT2D eigenvalue weighted by Crippen LogP contribution is 2.46. The number of nitrogens with zero attached hydrogens (tertiary/aromatic N) is 1. The maximum Gasteiger partial charge on any atom is 0.573 e. The number of hydrogen-bond acceptors (Lipinski definition) is 4. The Kier molecular flexibility index (Phi) is 4.52. The van der Waals surface area contributed by atoms with E-state index in [2.05, 4.69) is 4.74 Å². The number of aromatic nitrogens is 1. The van der Waals surface area contributed by atoms with Crippen LogP contribution in [0.3, 0.4) is 0 Å². The number of alkyl halides is 3. The van der Waals surface area contributed by atoms with Crippen molar-refractivity contribution in [1.29, 1.82) is 0 Å². The molecule has 3 aromatic rings. The largest absolute Gasteiger partial charge is 0.573 e. The zero-order chi connectivity index (χ0) is 21.7. The molecule has 1 aliphatic rings. The van der Waals surface area contributed by atoms with Gasteiger partial charge < -0.3 is 14.2 Å². The van der Waals surface area contributed by atoms with Crippen LogP contribution >= 0.6 is 0 Å². The van der Waals surface area contributed by atoms with Gasteiger partial charge in [0.1, 0.15) is 5.75 Å². The van der Waals surface area contributed by atoms with E-state index in [1.165, 1.54) is 22.8 Å². The van der Waals surface area contributed by atoms with Gasteiger partial charge in [0.25, 0.3) is 5.56 Å². The number of rotatable bonds is 3. The van der Waals surface area contributed by atoms with Crippen LogP contribution in [0.25, 0.3) is 16.8 Å². The molecule has 0 saturated carbocycles. The molecule has 0 bridgehead atoms. The number of benzene rings is 2. The Morgan fingerprint density at radius 1 is 1.00 bits per heavy atom. The van der Waals surface area contributed by atoms with Gasteiger partial charge in [-0.15, -0.1) is 13.2 Å². The molecule has 0 N–H and O–H groups in total. The molecule has 0 unspecified atom stereocenters. The van der Waals surface area contributed by atoms with Crippen LogP contribution in [0.2, 0.25) is 0 Å². The molecule has 0 amide bonds. The Morgan fingerprint density at radius 2 is 1.70 bits per heavy atom. The lowest BCUT2D eigenvalue weighted by atomic mass is 10.0. The van der Waals surface area contributed by atoms with Crippen molar-refractivity contribution >= 4 is 0 Å². The lowest BCUT2D eigenvalue weighted by Gasteiger charge is -2.17. The Bertz CT molecular complexity index is 1160. The number of hydrogen-bond donors (Lipinski definition) is 0. The molecule has 1 aliphatic heterocycles. The third-order valence-electron chi connectivity index (χ3n) is 4.58. The van der Waals surface area contributed by atoms with E-state index in [4.69, 9.17) is 9.47 Å². The van der Waals surface area contributed by atoms with Crippen LogP contribution in [0.5, 0.6) is 17.2 Å². The minimum atomic E-state index is -4.78. The average Bonchev–Trinajstić information content (AvgIpc) is 2.95. The van der Waals surface area contributed by atoms with Gasteiger partial charge in [-0.2, -0.15) is 0 Å². The van der Waals surface area contributed by atoms with Gasteiger partial charge in [-0.25, -0.2) is 0 Å². The van der Waals surface area contributed by atoms with E-state index in [0.29, 0.717) is 17.2 Å². The predicted molar refractivity (Wildman–Crippen MR) is 104 cm³/mol. The molecule has 0 aliphatic carbocycles. The molecule has 4 rings (SSSR count). The molecular weight excluding hydrogens is 399 g/mol. The van der Waals surface area contributed by atoms with Crippen molar-refractivity contribution in [3.05, 3.63) is 70.6 Å². The van der Waals surface area contributed by atoms with Gasteiger partial charge in [0.05, 0.1) is 0 Å². The molecule has 1 aromatic heterocycles. The topological polar surface area (TPSA) is 49.7 Å². The number of halogens is 3. The lowest BCUT2D eigenvalue weighted by molar-refractivity contribution is -0.274. The monoisotopic (exact) mass is 417 g/mol. The fraction of sp³-hybridized carbons (Fsp3) is 0.227. The van der Waals surface area contributed by atoms with Crippen LogP contribution in [0, 0.1) is 6.92 Å². The quantitative estimate of drug-likeness (QED) is 0.586. The second-order valence-corrected chi connectivity index (χ2v) is 7.36. The summed E-state index contributed by atoms with van der Waals surface area (Å²) in [6, 6.07) is 12.1. The van der Waals surface area contributed by atoms with Gasteiger partial charge in [-0.3, -0.25) is 9.36 Å². The molecule has 8 heteroatoms. The fourth-order valence-corrected chi connectivity index (χ4v) is 3.36. The lowest BCUT2D eigenvalue weighted by Crippen LogP contribution is -2.29. The summed E-state index contributed by atoms with van der Waals surface area (Å²) >= 11 is 0. The fourth-order valence-electron chi connectivity index (χ4n) is 3.36. The first kappa shape index (κ1) is 19.9. The van der Waals surface area contributed by atoms with Crippen molar-refractivity contribution in [3.8, 4) is 34.1 Å². The highest BCUT2D eigenvalue weighted by Gasteiger charge is 2.34. The third-order valence-corrected chi connectivity index (χ3v) is 4.58. The van der Waals surface area contributed by atoms with Crippen LogP contribution in [0.1, 0.15) is 19.4 Å². The minimum Gasteiger partial charge on any atom is -0.449 e. The number of ether oxygens (including phenoxy) is 3. The molecule has 5 nitrogen and oxygen atoms in total. The number of aryl methyl sites for hydroxylation is 1. The molecule has 0 radical (unpaired) electrons. The maximum absolute atomic E-state index is 12.6. The first-order valence-electron chi connectivity index (χ1n) is 9.13. The van der Waals surface area contributed by atoms with Crippen molar-refractivity contribution in [2.24, 2.45) is 0 Å². The van der Waals surface area contributed by atoms with Crippen molar-refractivity contribution in [1.82, 2.24) is 4.57 Å². The smallest absolute Gasteiger partial charge is 0.449 e. The van der Waals surface area contributed by atoms with Gasteiger partial charge >= 0.3 is 6.36 Å². The van der Waals surface area contributed by atoms with Gasteiger partial charge in [0.2, 0.25) is 5.79 Å². The van der Waals surface area contributed by atoms with Crippen molar-refractivity contribution in [2.75, 3.05) is 0 Å². The minimum absolute atomic E-state index is 0.314. The molecule has 2 aromatic carbocycles. The number of fused-ring (bicyclic) bond motifs is 1. The van der Waals surface area contributed by atoms with E-state index in [-0.39, 0.29) is 11.3 Å². The highest BCUT2D eigenvalue weighted by atomic mass is 19.4. The van der Waals surface area contributed by atoms with E-state index < -0.39 is 12.1 Å². The first-order valence-corrected chi connectivity index (χ1v) is 9.13. The molecular formula is C22H18F3NO4. The molecule has 2 heterocycles. The van der Waals surface area contributed by atoms with Gasteiger partial charge in [-0.1, -0.05) is 12.1 Å². The molecule has 0 fully saturated rings. The van der Waals surface area contributed by atoms with Crippen LogP contribution in [-0.4, -0.2) is 16.7 Å². The predicted octanol–water partition coefficient (Wildman–Crippen LogP) is 5.22. The summed E-state index contributed by atoms with van der Waals surface area (Å²) in [5.74, 6) is 0.00285. The van der Waals surface area contributed by atoms with E-state index in [9.17, 15) is 18.0 Å². The summed E-state index contributed by atoms with van der Waals surface area (Å²) in [7, 11) is 0.